The average molecular weight is 204 g/mol. The van der Waals surface area contributed by atoms with Gasteiger partial charge in [-0.05, 0) is 19.1 Å². The molecule has 0 aliphatic heterocycles. The number of unbranched alkanes of at least 4 members (excludes halogenated alkanes) is 3. The Kier molecular flexibility index (Phi) is 8.24. The van der Waals surface area contributed by atoms with Gasteiger partial charge in [0.2, 0.25) is 5.91 Å². The molecule has 4 heteroatoms. The van der Waals surface area contributed by atoms with Gasteiger partial charge >= 0.3 is 0 Å². The monoisotopic (exact) mass is 204 g/mol. The van der Waals surface area contributed by atoms with Gasteiger partial charge in [0.15, 0.2) is 0 Å². The minimum absolute atomic E-state index is 0.0216. The van der Waals surface area contributed by atoms with E-state index in [1.165, 1.54) is 25.7 Å². The summed E-state index contributed by atoms with van der Waals surface area (Å²) in [4.78, 5) is 11.0. The second kappa shape index (κ2) is 8.38. The van der Waals surface area contributed by atoms with Crippen molar-refractivity contribution in [3.8, 4) is 0 Å². The van der Waals surface area contributed by atoms with Gasteiger partial charge in [-0.2, -0.15) is 0 Å². The van der Waals surface area contributed by atoms with Crippen LogP contribution < -0.4 is 11.3 Å². The van der Waals surface area contributed by atoms with Crippen molar-refractivity contribution in [3.63, 3.8) is 0 Å². The number of amides is 1. The molecule has 0 saturated carbocycles. The zero-order chi connectivity index (χ0) is 10.1. The van der Waals surface area contributed by atoms with Crippen LogP contribution in [0.25, 0.3) is 0 Å². The Hall–Kier alpha value is -0.220. The highest BCUT2D eigenvalue weighted by atomic mass is 32.2. The summed E-state index contributed by atoms with van der Waals surface area (Å²) in [5.74, 6) is 5.98. The number of rotatable bonds is 7. The molecule has 0 aliphatic rings. The normalized spacial score (nSPS) is 12.5. The fourth-order valence-electron chi connectivity index (χ4n) is 0.982. The van der Waals surface area contributed by atoms with E-state index in [9.17, 15) is 4.79 Å². The molecule has 0 bridgehead atoms. The van der Waals surface area contributed by atoms with Crippen LogP contribution in [0.4, 0.5) is 0 Å². The first kappa shape index (κ1) is 12.8. The molecule has 0 radical (unpaired) electrons. The van der Waals surface area contributed by atoms with Gasteiger partial charge in [-0.15, -0.1) is 11.8 Å². The lowest BCUT2D eigenvalue weighted by Crippen LogP contribution is -2.36. The van der Waals surface area contributed by atoms with Gasteiger partial charge in [-0.25, -0.2) is 5.84 Å². The number of nitrogens with two attached hydrogens (primary N) is 1. The first-order valence-corrected chi connectivity index (χ1v) is 5.89. The summed E-state index contributed by atoms with van der Waals surface area (Å²) in [7, 11) is 0. The largest absolute Gasteiger partial charge is 0.293 e. The van der Waals surface area contributed by atoms with Crippen LogP contribution in [0.3, 0.4) is 0 Å². The van der Waals surface area contributed by atoms with Crippen molar-refractivity contribution in [1.82, 2.24) is 5.43 Å². The first-order chi connectivity index (χ1) is 6.22. The summed E-state index contributed by atoms with van der Waals surface area (Å²) in [5.41, 5.74) is 2.16. The van der Waals surface area contributed by atoms with Crippen LogP contribution in [0.5, 0.6) is 0 Å². The van der Waals surface area contributed by atoms with Crippen molar-refractivity contribution in [2.75, 3.05) is 5.75 Å². The Balaban J connectivity index is 3.26. The predicted molar refractivity (Wildman–Crippen MR) is 58.4 cm³/mol. The Labute approximate surface area is 84.8 Å². The Morgan fingerprint density at radius 2 is 2.15 bits per heavy atom. The average Bonchev–Trinajstić information content (AvgIpc) is 2.16. The first-order valence-electron chi connectivity index (χ1n) is 4.84. The third kappa shape index (κ3) is 6.90. The van der Waals surface area contributed by atoms with E-state index < -0.39 is 0 Å². The van der Waals surface area contributed by atoms with Crippen LogP contribution in [0.2, 0.25) is 0 Å². The van der Waals surface area contributed by atoms with Crippen LogP contribution in [-0.2, 0) is 4.79 Å². The van der Waals surface area contributed by atoms with Crippen molar-refractivity contribution in [2.24, 2.45) is 5.84 Å². The topological polar surface area (TPSA) is 55.1 Å². The summed E-state index contributed by atoms with van der Waals surface area (Å²) in [6.45, 7) is 4.07. The third-order valence-electron chi connectivity index (χ3n) is 1.88. The predicted octanol–water partition coefficient (Wildman–Crippen LogP) is 1.68. The maximum atomic E-state index is 11.0. The van der Waals surface area contributed by atoms with Crippen molar-refractivity contribution in [1.29, 1.82) is 0 Å². The fourth-order valence-corrected chi connectivity index (χ4v) is 1.93. The molecule has 13 heavy (non-hydrogen) atoms. The van der Waals surface area contributed by atoms with Gasteiger partial charge in [0.1, 0.15) is 0 Å². The lowest BCUT2D eigenvalue weighted by Gasteiger charge is -2.08. The van der Waals surface area contributed by atoms with Crippen molar-refractivity contribution in [2.45, 2.75) is 44.8 Å². The van der Waals surface area contributed by atoms with E-state index in [4.69, 9.17) is 5.84 Å². The van der Waals surface area contributed by atoms with Crippen LogP contribution in [0.15, 0.2) is 0 Å². The minimum atomic E-state index is -0.0829. The number of thioether (sulfide) groups is 1. The number of carbonyl (C=O) groups is 1. The van der Waals surface area contributed by atoms with Crippen LogP contribution in [0, 0.1) is 0 Å². The van der Waals surface area contributed by atoms with Gasteiger partial charge in [-0.3, -0.25) is 10.2 Å². The molecule has 3 nitrogen and oxygen atoms in total. The summed E-state index contributed by atoms with van der Waals surface area (Å²) >= 11 is 1.67. The van der Waals surface area contributed by atoms with Gasteiger partial charge in [0.25, 0.3) is 0 Å². The van der Waals surface area contributed by atoms with Crippen molar-refractivity contribution in [3.05, 3.63) is 0 Å². The molecule has 0 fully saturated rings. The lowest BCUT2D eigenvalue weighted by molar-refractivity contribution is -0.120. The molecule has 78 valence electrons. The summed E-state index contributed by atoms with van der Waals surface area (Å²) < 4.78 is 0. The Morgan fingerprint density at radius 3 is 2.69 bits per heavy atom. The maximum absolute atomic E-state index is 11.0. The molecule has 0 aromatic heterocycles. The molecule has 0 saturated heterocycles. The summed E-state index contributed by atoms with van der Waals surface area (Å²) in [6.07, 6.45) is 5.00. The van der Waals surface area contributed by atoms with Gasteiger partial charge in [-0.1, -0.05) is 26.2 Å². The molecule has 0 heterocycles. The van der Waals surface area contributed by atoms with Gasteiger partial charge < -0.3 is 0 Å². The van der Waals surface area contributed by atoms with E-state index in [1.54, 1.807) is 11.8 Å². The lowest BCUT2D eigenvalue weighted by atomic mass is 10.2. The van der Waals surface area contributed by atoms with E-state index in [2.05, 4.69) is 12.3 Å². The van der Waals surface area contributed by atoms with E-state index in [-0.39, 0.29) is 11.2 Å². The number of hydrogen-bond donors (Lipinski definition) is 2. The van der Waals surface area contributed by atoms with E-state index in [1.807, 2.05) is 6.92 Å². The van der Waals surface area contributed by atoms with E-state index in [0.717, 1.165) is 5.75 Å². The highest BCUT2D eigenvalue weighted by Crippen LogP contribution is 2.13. The minimum Gasteiger partial charge on any atom is -0.293 e. The molecule has 0 aromatic rings. The van der Waals surface area contributed by atoms with Crippen molar-refractivity contribution < 1.29 is 4.79 Å². The second-order valence-corrected chi connectivity index (χ2v) is 4.53. The highest BCUT2D eigenvalue weighted by Gasteiger charge is 2.10. The molecule has 0 aromatic carbocycles. The summed E-state index contributed by atoms with van der Waals surface area (Å²) in [6, 6.07) is 0. The fraction of sp³-hybridized carbons (Fsp3) is 0.889. The number of nitrogens with one attached hydrogen (secondary N) is 1. The molecule has 1 unspecified atom stereocenters. The molecule has 1 atom stereocenters. The summed E-state index contributed by atoms with van der Waals surface area (Å²) in [5, 5.41) is -0.0216. The standard InChI is InChI=1S/C9H20N2OS/c1-3-4-5-6-7-13-8(2)9(12)11-10/h8H,3-7,10H2,1-2H3,(H,11,12). The number of hydrogen-bond acceptors (Lipinski definition) is 3. The van der Waals surface area contributed by atoms with Crippen LogP contribution in [0.1, 0.15) is 39.5 Å². The molecule has 0 spiro atoms. The molecular weight excluding hydrogens is 184 g/mol. The number of hydrazine groups is 1. The SMILES string of the molecule is CCCCCCSC(C)C(=O)NN. The third-order valence-corrected chi connectivity index (χ3v) is 3.12. The smallest absolute Gasteiger partial charge is 0.246 e. The van der Waals surface area contributed by atoms with Crippen molar-refractivity contribution >= 4 is 17.7 Å². The maximum Gasteiger partial charge on any atom is 0.246 e. The Morgan fingerprint density at radius 1 is 1.46 bits per heavy atom. The second-order valence-electron chi connectivity index (χ2n) is 3.08. The number of carbonyl (C=O) groups excluding carboxylic acids is 1. The zero-order valence-corrected chi connectivity index (χ0v) is 9.32. The molecule has 0 rings (SSSR count). The van der Waals surface area contributed by atoms with E-state index >= 15 is 0 Å². The van der Waals surface area contributed by atoms with Gasteiger partial charge in [0, 0.05) is 0 Å². The molecule has 0 aliphatic carbocycles. The van der Waals surface area contributed by atoms with Crippen LogP contribution in [-0.4, -0.2) is 16.9 Å². The quantitative estimate of drug-likeness (QED) is 0.287. The molecule has 1 amide bonds. The Bertz CT molecular complexity index is 142. The zero-order valence-electron chi connectivity index (χ0n) is 8.51. The molecular formula is C9H20N2OS. The highest BCUT2D eigenvalue weighted by molar-refractivity contribution is 8.00. The van der Waals surface area contributed by atoms with Crippen LogP contribution >= 0.6 is 11.8 Å². The van der Waals surface area contributed by atoms with E-state index in [0.29, 0.717) is 0 Å². The molecule has 3 N–H and O–H groups in total. The van der Waals surface area contributed by atoms with Gasteiger partial charge in [0.05, 0.1) is 5.25 Å².